The zero-order valence-corrected chi connectivity index (χ0v) is 12.0. The van der Waals surface area contributed by atoms with Crippen molar-refractivity contribution in [3.8, 4) is 0 Å². The van der Waals surface area contributed by atoms with Gasteiger partial charge < -0.3 is 4.90 Å². The second-order valence-corrected chi connectivity index (χ2v) is 5.10. The van der Waals surface area contributed by atoms with Gasteiger partial charge in [-0.1, -0.05) is 12.1 Å². The smallest absolute Gasteiger partial charge is 0.224 e. The van der Waals surface area contributed by atoms with E-state index in [9.17, 15) is 9.18 Å². The van der Waals surface area contributed by atoms with Gasteiger partial charge >= 0.3 is 0 Å². The number of benzene rings is 1. The number of halogens is 1. The highest BCUT2D eigenvalue weighted by Gasteiger charge is 2.19. The number of carbonyl (C=O) groups is 1. The zero-order chi connectivity index (χ0) is 14.5. The Balaban J connectivity index is 1.86. The van der Waals surface area contributed by atoms with E-state index in [1.807, 2.05) is 12.0 Å². The molecule has 1 unspecified atom stereocenters. The summed E-state index contributed by atoms with van der Waals surface area (Å²) in [7, 11) is 1.78. The maximum atomic E-state index is 12.9. The summed E-state index contributed by atoms with van der Waals surface area (Å²) in [6.07, 6.45) is 1.46. The van der Waals surface area contributed by atoms with Crippen molar-refractivity contribution in [3.63, 3.8) is 0 Å². The number of carbonyl (C=O) groups excluding carboxylic acids is 1. The average Bonchev–Trinajstić information content (AvgIpc) is 2.97. The van der Waals surface area contributed by atoms with Crippen LogP contribution in [0.1, 0.15) is 31.4 Å². The van der Waals surface area contributed by atoms with Crippen molar-refractivity contribution in [1.82, 2.24) is 9.96 Å². The number of rotatable bonds is 5. The molecule has 110 valence electrons. The molecule has 1 aliphatic rings. The first-order chi connectivity index (χ1) is 9.58. The molecule has 0 aromatic heterocycles. The van der Waals surface area contributed by atoms with Gasteiger partial charge in [0.15, 0.2) is 0 Å². The Hall–Kier alpha value is -1.46. The van der Waals surface area contributed by atoms with Gasteiger partial charge in [0, 0.05) is 26.6 Å². The van der Waals surface area contributed by atoms with Crippen LogP contribution in [0.25, 0.3) is 0 Å². The summed E-state index contributed by atoms with van der Waals surface area (Å²) in [6.45, 7) is 4.21. The van der Waals surface area contributed by atoms with Crippen molar-refractivity contribution >= 4 is 5.91 Å². The third-order valence-electron chi connectivity index (χ3n) is 3.73. The van der Waals surface area contributed by atoms with Crippen LogP contribution in [-0.2, 0) is 9.63 Å². The Morgan fingerprint density at radius 1 is 1.45 bits per heavy atom. The quantitative estimate of drug-likeness (QED) is 0.830. The molecule has 0 radical (unpaired) electrons. The monoisotopic (exact) mass is 280 g/mol. The van der Waals surface area contributed by atoms with Crippen LogP contribution in [0.5, 0.6) is 0 Å². The first kappa shape index (κ1) is 14.9. The van der Waals surface area contributed by atoms with E-state index in [2.05, 4.69) is 0 Å². The van der Waals surface area contributed by atoms with Gasteiger partial charge in [-0.15, -0.1) is 0 Å². The summed E-state index contributed by atoms with van der Waals surface area (Å²) in [5, 5.41) is 1.84. The number of amides is 1. The van der Waals surface area contributed by atoms with Gasteiger partial charge in [-0.25, -0.2) is 4.39 Å². The highest BCUT2D eigenvalue weighted by atomic mass is 19.1. The molecule has 0 bridgehead atoms. The van der Waals surface area contributed by atoms with Crippen LogP contribution < -0.4 is 0 Å². The van der Waals surface area contributed by atoms with Crippen LogP contribution in [0.15, 0.2) is 24.3 Å². The van der Waals surface area contributed by atoms with E-state index in [4.69, 9.17) is 4.84 Å². The van der Waals surface area contributed by atoms with Gasteiger partial charge in [0.25, 0.3) is 0 Å². The lowest BCUT2D eigenvalue weighted by atomic mass is 10.1. The summed E-state index contributed by atoms with van der Waals surface area (Å²) in [5.41, 5.74) is 0.930. The Kier molecular flexibility index (Phi) is 5.09. The second-order valence-electron chi connectivity index (χ2n) is 5.10. The molecule has 1 aliphatic heterocycles. The summed E-state index contributed by atoms with van der Waals surface area (Å²) >= 11 is 0. The third kappa shape index (κ3) is 3.77. The normalized spacial score (nSPS) is 17.1. The molecule has 0 saturated carbocycles. The Morgan fingerprint density at radius 3 is 2.75 bits per heavy atom. The van der Waals surface area contributed by atoms with Gasteiger partial charge in [-0.05, 0) is 31.0 Å². The molecule has 2 rings (SSSR count). The highest BCUT2D eigenvalue weighted by molar-refractivity contribution is 5.76. The molecular formula is C15H21FN2O2. The SMILES string of the molecule is CC(c1ccc(F)cc1)N(C)C(=O)CCN1CCCO1. The van der Waals surface area contributed by atoms with E-state index >= 15 is 0 Å². The van der Waals surface area contributed by atoms with Crippen LogP contribution in [0.2, 0.25) is 0 Å². The van der Waals surface area contributed by atoms with E-state index < -0.39 is 0 Å². The predicted octanol–water partition coefficient (Wildman–Crippen LogP) is 2.37. The van der Waals surface area contributed by atoms with Crippen molar-refractivity contribution in [2.75, 3.05) is 26.7 Å². The number of hydroxylamine groups is 2. The Labute approximate surface area is 119 Å². The molecule has 0 aliphatic carbocycles. The maximum absolute atomic E-state index is 12.9. The molecule has 1 saturated heterocycles. The second kappa shape index (κ2) is 6.81. The summed E-state index contributed by atoms with van der Waals surface area (Å²) < 4.78 is 12.9. The van der Waals surface area contributed by atoms with Gasteiger partial charge in [0.2, 0.25) is 5.91 Å². The van der Waals surface area contributed by atoms with Gasteiger partial charge in [-0.2, -0.15) is 5.06 Å². The van der Waals surface area contributed by atoms with Crippen molar-refractivity contribution in [3.05, 3.63) is 35.6 Å². The number of nitrogens with zero attached hydrogens (tertiary/aromatic N) is 2. The van der Waals surface area contributed by atoms with Crippen molar-refractivity contribution < 1.29 is 14.0 Å². The molecule has 1 aromatic carbocycles. The number of hydrogen-bond acceptors (Lipinski definition) is 3. The summed E-state index contributed by atoms with van der Waals surface area (Å²) in [4.78, 5) is 19.2. The summed E-state index contributed by atoms with van der Waals surface area (Å²) in [6, 6.07) is 6.20. The molecule has 0 spiro atoms. The average molecular weight is 280 g/mol. The standard InChI is InChI=1S/C15H21FN2O2/c1-12(13-4-6-14(16)7-5-13)17(2)15(19)8-10-18-9-3-11-20-18/h4-7,12H,3,8-11H2,1-2H3. The minimum Gasteiger partial charge on any atom is -0.339 e. The Bertz CT molecular complexity index is 444. The first-order valence-electron chi connectivity index (χ1n) is 6.97. The lowest BCUT2D eigenvalue weighted by Crippen LogP contribution is -2.32. The van der Waals surface area contributed by atoms with Crippen LogP contribution in [0.4, 0.5) is 4.39 Å². The molecule has 1 aromatic rings. The van der Waals surface area contributed by atoms with Gasteiger partial charge in [-0.3, -0.25) is 9.63 Å². The maximum Gasteiger partial charge on any atom is 0.224 e. The topological polar surface area (TPSA) is 32.8 Å². The van der Waals surface area contributed by atoms with Crippen molar-refractivity contribution in [1.29, 1.82) is 0 Å². The van der Waals surface area contributed by atoms with Crippen LogP contribution in [0.3, 0.4) is 0 Å². The largest absolute Gasteiger partial charge is 0.339 e. The molecule has 5 heteroatoms. The molecule has 0 N–H and O–H groups in total. The minimum absolute atomic E-state index is 0.0670. The van der Waals surface area contributed by atoms with E-state index in [1.165, 1.54) is 12.1 Å². The van der Waals surface area contributed by atoms with Crippen molar-refractivity contribution in [2.24, 2.45) is 0 Å². The van der Waals surface area contributed by atoms with Crippen LogP contribution in [0, 0.1) is 5.82 Å². The fourth-order valence-electron chi connectivity index (χ4n) is 2.25. The van der Waals surface area contributed by atoms with E-state index in [0.29, 0.717) is 13.0 Å². The Morgan fingerprint density at radius 2 is 2.15 bits per heavy atom. The molecule has 1 atom stereocenters. The predicted molar refractivity (Wildman–Crippen MR) is 74.3 cm³/mol. The number of hydrogen-bond donors (Lipinski definition) is 0. The van der Waals surface area contributed by atoms with Crippen LogP contribution in [-0.4, -0.2) is 42.6 Å². The lowest BCUT2D eigenvalue weighted by molar-refractivity contribution is -0.139. The summed E-state index contributed by atoms with van der Waals surface area (Å²) in [5.74, 6) is -0.196. The van der Waals surface area contributed by atoms with Gasteiger partial charge in [0.05, 0.1) is 12.6 Å². The molecular weight excluding hydrogens is 259 g/mol. The third-order valence-corrected chi connectivity index (χ3v) is 3.73. The molecule has 1 amide bonds. The zero-order valence-electron chi connectivity index (χ0n) is 12.0. The van der Waals surface area contributed by atoms with E-state index in [0.717, 1.165) is 25.1 Å². The minimum atomic E-state index is -0.263. The van der Waals surface area contributed by atoms with Crippen LogP contribution >= 0.6 is 0 Å². The van der Waals surface area contributed by atoms with E-state index in [1.54, 1.807) is 24.1 Å². The fourth-order valence-corrected chi connectivity index (χ4v) is 2.25. The fraction of sp³-hybridized carbons (Fsp3) is 0.533. The van der Waals surface area contributed by atoms with Gasteiger partial charge in [0.1, 0.15) is 5.82 Å². The molecule has 20 heavy (non-hydrogen) atoms. The first-order valence-corrected chi connectivity index (χ1v) is 6.97. The highest BCUT2D eigenvalue weighted by Crippen LogP contribution is 2.20. The molecule has 4 nitrogen and oxygen atoms in total. The lowest BCUT2D eigenvalue weighted by Gasteiger charge is -2.26. The van der Waals surface area contributed by atoms with Crippen molar-refractivity contribution in [2.45, 2.75) is 25.8 Å². The molecule has 1 fully saturated rings. The molecule has 1 heterocycles. The van der Waals surface area contributed by atoms with E-state index in [-0.39, 0.29) is 17.8 Å².